The highest BCUT2D eigenvalue weighted by Gasteiger charge is 2.30. The van der Waals surface area contributed by atoms with Crippen LogP contribution in [-0.4, -0.2) is 50.6 Å². The van der Waals surface area contributed by atoms with Gasteiger partial charge in [-0.3, -0.25) is 4.79 Å². The fraction of sp³-hybridized carbons (Fsp3) is 0.667. The number of carboxylic acid groups (broad SMARTS) is 1. The molecule has 0 unspecified atom stereocenters. The van der Waals surface area contributed by atoms with Crippen molar-refractivity contribution < 1.29 is 14.7 Å². The van der Waals surface area contributed by atoms with Gasteiger partial charge >= 0.3 is 5.97 Å². The normalized spacial score (nSPS) is 16.9. The van der Waals surface area contributed by atoms with Crippen LogP contribution in [0.15, 0.2) is 6.20 Å². The van der Waals surface area contributed by atoms with Crippen LogP contribution < -0.4 is 10.6 Å². The number of amides is 1. The van der Waals surface area contributed by atoms with Crippen molar-refractivity contribution in [3.63, 3.8) is 0 Å². The first-order valence-corrected chi connectivity index (χ1v) is 6.58. The maximum atomic E-state index is 12.0. The van der Waals surface area contributed by atoms with Crippen LogP contribution >= 0.6 is 0 Å². The van der Waals surface area contributed by atoms with Crippen molar-refractivity contribution in [3.05, 3.63) is 11.9 Å². The van der Waals surface area contributed by atoms with Crippen LogP contribution in [0.25, 0.3) is 0 Å². The molecule has 2 heterocycles. The topological polar surface area (TPSA) is 109 Å². The Hall–Kier alpha value is -1.96. The van der Waals surface area contributed by atoms with E-state index in [0.29, 0.717) is 0 Å². The summed E-state index contributed by atoms with van der Waals surface area (Å²) in [7, 11) is 0. The number of nitrogens with one attached hydrogen (secondary N) is 2. The Balaban J connectivity index is 2.04. The number of carbonyl (C=O) groups is 2. The maximum Gasteiger partial charge on any atom is 0.328 e. The molecule has 1 saturated heterocycles. The molecule has 1 fully saturated rings. The third-order valence-corrected chi connectivity index (χ3v) is 3.39. The monoisotopic (exact) mass is 281 g/mol. The molecule has 0 spiro atoms. The van der Waals surface area contributed by atoms with Gasteiger partial charge in [-0.2, -0.15) is 0 Å². The molecule has 110 valence electrons. The average Bonchev–Trinajstić information content (AvgIpc) is 2.88. The summed E-state index contributed by atoms with van der Waals surface area (Å²) in [5.41, 5.74) is -1.20. The number of carbonyl (C=O) groups excluding carboxylic acids is 1. The first-order chi connectivity index (χ1) is 9.40. The minimum absolute atomic E-state index is 0.137. The van der Waals surface area contributed by atoms with Gasteiger partial charge in [0.25, 0.3) is 5.91 Å². The number of rotatable bonds is 4. The highest BCUT2D eigenvalue weighted by atomic mass is 16.4. The van der Waals surface area contributed by atoms with Gasteiger partial charge in [0.05, 0.1) is 12.2 Å². The van der Waals surface area contributed by atoms with Gasteiger partial charge in [0.1, 0.15) is 5.54 Å². The predicted molar refractivity (Wildman–Crippen MR) is 70.3 cm³/mol. The highest BCUT2D eigenvalue weighted by molar-refractivity contribution is 5.95. The van der Waals surface area contributed by atoms with E-state index in [4.69, 9.17) is 5.11 Å². The van der Waals surface area contributed by atoms with E-state index in [1.54, 1.807) is 10.9 Å². The minimum Gasteiger partial charge on any atom is -0.480 e. The van der Waals surface area contributed by atoms with E-state index in [9.17, 15) is 9.59 Å². The molecule has 1 aliphatic heterocycles. The smallest absolute Gasteiger partial charge is 0.328 e. The minimum atomic E-state index is -1.34. The van der Waals surface area contributed by atoms with Gasteiger partial charge in [0.15, 0.2) is 5.69 Å². The maximum absolute atomic E-state index is 12.0. The molecule has 1 aromatic rings. The van der Waals surface area contributed by atoms with Crippen LogP contribution in [0, 0.1) is 0 Å². The van der Waals surface area contributed by atoms with Gasteiger partial charge in [0, 0.05) is 0 Å². The molecule has 0 atom stereocenters. The first kappa shape index (κ1) is 14.4. The van der Waals surface area contributed by atoms with Gasteiger partial charge in [-0.15, -0.1) is 5.10 Å². The number of hydrogen-bond acceptors (Lipinski definition) is 5. The van der Waals surface area contributed by atoms with Gasteiger partial charge in [-0.05, 0) is 39.8 Å². The summed E-state index contributed by atoms with van der Waals surface area (Å²) in [5, 5.41) is 22.4. The SMILES string of the molecule is CC(C)(NC(=O)c1cn(C2CCNCC2)nn1)C(=O)O. The van der Waals surface area contributed by atoms with Gasteiger partial charge in [0.2, 0.25) is 0 Å². The van der Waals surface area contributed by atoms with E-state index < -0.39 is 17.4 Å². The van der Waals surface area contributed by atoms with Gasteiger partial charge < -0.3 is 15.7 Å². The summed E-state index contributed by atoms with van der Waals surface area (Å²) in [6.07, 6.45) is 3.44. The van der Waals surface area contributed by atoms with Crippen LogP contribution in [-0.2, 0) is 4.79 Å². The van der Waals surface area contributed by atoms with Gasteiger partial charge in [-0.25, -0.2) is 9.48 Å². The van der Waals surface area contributed by atoms with Crippen molar-refractivity contribution in [1.82, 2.24) is 25.6 Å². The molecular formula is C12H19N5O3. The van der Waals surface area contributed by atoms with Gasteiger partial charge in [-0.1, -0.05) is 5.21 Å². The Kier molecular flexibility index (Phi) is 4.03. The summed E-state index contributed by atoms with van der Waals surface area (Å²) >= 11 is 0. The number of piperidine rings is 1. The Morgan fingerprint density at radius 1 is 1.45 bits per heavy atom. The molecule has 2 rings (SSSR count). The second-order valence-corrected chi connectivity index (χ2v) is 5.45. The summed E-state index contributed by atoms with van der Waals surface area (Å²) < 4.78 is 1.68. The molecule has 0 saturated carbocycles. The van der Waals surface area contributed by atoms with Crippen LogP contribution in [0.3, 0.4) is 0 Å². The van der Waals surface area contributed by atoms with E-state index >= 15 is 0 Å². The molecule has 3 N–H and O–H groups in total. The van der Waals surface area contributed by atoms with E-state index in [1.165, 1.54) is 13.8 Å². The fourth-order valence-corrected chi connectivity index (χ4v) is 2.03. The number of aliphatic carboxylic acids is 1. The zero-order chi connectivity index (χ0) is 14.8. The van der Waals surface area contributed by atoms with Crippen LogP contribution in [0.4, 0.5) is 0 Å². The molecular weight excluding hydrogens is 262 g/mol. The van der Waals surface area contributed by atoms with Crippen molar-refractivity contribution in [1.29, 1.82) is 0 Å². The molecule has 8 nitrogen and oxygen atoms in total. The Morgan fingerprint density at radius 3 is 2.70 bits per heavy atom. The van der Waals surface area contributed by atoms with Crippen molar-refractivity contribution in [2.45, 2.75) is 38.3 Å². The fourth-order valence-electron chi connectivity index (χ4n) is 2.03. The van der Waals surface area contributed by atoms with Crippen molar-refractivity contribution in [2.24, 2.45) is 0 Å². The number of aromatic nitrogens is 3. The number of carboxylic acids is 1. The van der Waals surface area contributed by atoms with Crippen LogP contribution in [0.5, 0.6) is 0 Å². The van der Waals surface area contributed by atoms with E-state index in [2.05, 4.69) is 20.9 Å². The third kappa shape index (κ3) is 3.13. The number of nitrogens with zero attached hydrogens (tertiary/aromatic N) is 3. The van der Waals surface area contributed by atoms with Crippen molar-refractivity contribution in [3.8, 4) is 0 Å². The Labute approximate surface area is 116 Å². The van der Waals surface area contributed by atoms with Crippen molar-refractivity contribution in [2.75, 3.05) is 13.1 Å². The zero-order valence-corrected chi connectivity index (χ0v) is 11.6. The second-order valence-electron chi connectivity index (χ2n) is 5.45. The first-order valence-electron chi connectivity index (χ1n) is 6.58. The molecule has 0 radical (unpaired) electrons. The zero-order valence-electron chi connectivity index (χ0n) is 11.6. The van der Waals surface area contributed by atoms with E-state index in [0.717, 1.165) is 25.9 Å². The average molecular weight is 281 g/mol. The molecule has 1 amide bonds. The molecule has 8 heteroatoms. The largest absolute Gasteiger partial charge is 0.480 e. The molecule has 1 aliphatic rings. The van der Waals surface area contributed by atoms with Crippen LogP contribution in [0.2, 0.25) is 0 Å². The molecule has 1 aromatic heterocycles. The lowest BCUT2D eigenvalue weighted by molar-refractivity contribution is -0.143. The summed E-state index contributed by atoms with van der Waals surface area (Å²) in [4.78, 5) is 22.9. The lowest BCUT2D eigenvalue weighted by atomic mass is 10.1. The highest BCUT2D eigenvalue weighted by Crippen LogP contribution is 2.17. The predicted octanol–water partition coefficient (Wildman–Crippen LogP) is -0.204. The molecule has 0 aromatic carbocycles. The molecule has 0 bridgehead atoms. The molecule has 0 aliphatic carbocycles. The van der Waals surface area contributed by atoms with E-state index in [-0.39, 0.29) is 11.7 Å². The summed E-state index contributed by atoms with van der Waals surface area (Å²) in [6.45, 7) is 4.67. The standard InChI is InChI=1S/C12H19N5O3/c1-12(2,11(19)20)14-10(18)9-7-17(16-15-9)8-3-5-13-6-4-8/h7-8,13H,3-6H2,1-2H3,(H,14,18)(H,19,20). The summed E-state index contributed by atoms with van der Waals surface area (Å²) in [5.74, 6) is -1.63. The quantitative estimate of drug-likeness (QED) is 0.705. The Morgan fingerprint density at radius 2 is 2.10 bits per heavy atom. The summed E-state index contributed by atoms with van der Waals surface area (Å²) in [6, 6.07) is 0.234. The van der Waals surface area contributed by atoms with E-state index in [1.807, 2.05) is 0 Å². The third-order valence-electron chi connectivity index (χ3n) is 3.39. The lowest BCUT2D eigenvalue weighted by Gasteiger charge is -2.22. The number of hydrogen-bond donors (Lipinski definition) is 3. The van der Waals surface area contributed by atoms with Crippen LogP contribution in [0.1, 0.15) is 43.2 Å². The second kappa shape index (κ2) is 5.58. The van der Waals surface area contributed by atoms with Crippen molar-refractivity contribution >= 4 is 11.9 Å². The molecule has 20 heavy (non-hydrogen) atoms. The Bertz CT molecular complexity index is 505. The lowest BCUT2D eigenvalue weighted by Crippen LogP contribution is -2.49.